The number of aryl methyl sites for hydroxylation is 1. The summed E-state index contributed by atoms with van der Waals surface area (Å²) in [7, 11) is 0. The second-order valence-electron chi connectivity index (χ2n) is 10.7. The van der Waals surface area contributed by atoms with Gasteiger partial charge in [-0.25, -0.2) is 0 Å². The highest BCUT2D eigenvalue weighted by Gasteiger charge is 2.49. The third kappa shape index (κ3) is 8.75. The van der Waals surface area contributed by atoms with Crippen molar-refractivity contribution in [1.29, 1.82) is 0 Å². The first-order valence-corrected chi connectivity index (χ1v) is 14.6. The van der Waals surface area contributed by atoms with Crippen LogP contribution >= 0.6 is 0 Å². The minimum Gasteiger partial charge on any atom is -0.462 e. The summed E-state index contributed by atoms with van der Waals surface area (Å²) in [6.07, 6.45) is -2.59. The first-order chi connectivity index (χ1) is 21.1. The van der Waals surface area contributed by atoms with Crippen LogP contribution < -0.4 is 10.1 Å². The molecular formula is C36H39NO6. The Morgan fingerprint density at radius 3 is 1.77 bits per heavy atom. The summed E-state index contributed by atoms with van der Waals surface area (Å²) < 4.78 is 32.5. The highest BCUT2D eigenvalue weighted by molar-refractivity contribution is 5.73. The van der Waals surface area contributed by atoms with Crippen LogP contribution in [0.15, 0.2) is 115 Å². The lowest BCUT2D eigenvalue weighted by molar-refractivity contribution is -0.270. The number of rotatable bonds is 13. The van der Waals surface area contributed by atoms with Crippen molar-refractivity contribution in [1.82, 2.24) is 5.32 Å². The predicted octanol–water partition coefficient (Wildman–Crippen LogP) is 5.99. The number of hydrogen-bond acceptors (Lipinski definition) is 6. The third-order valence-corrected chi connectivity index (χ3v) is 7.32. The van der Waals surface area contributed by atoms with Gasteiger partial charge in [0.05, 0.1) is 26.4 Å². The van der Waals surface area contributed by atoms with Crippen molar-refractivity contribution in [2.75, 3.05) is 6.61 Å². The van der Waals surface area contributed by atoms with E-state index in [-0.39, 0.29) is 12.5 Å². The highest BCUT2D eigenvalue weighted by Crippen LogP contribution is 2.31. The average molecular weight is 582 g/mol. The van der Waals surface area contributed by atoms with Crippen molar-refractivity contribution in [2.24, 2.45) is 0 Å². The van der Waals surface area contributed by atoms with E-state index in [4.69, 9.17) is 23.7 Å². The standard InChI is InChI=1S/C36H39NO6/c1-26-14-12-13-21-31(26)42-36-33(37-27(2)38)35(41-24-30-19-10-5-11-20-30)34(40-23-29-17-8-4-9-18-29)32(43-36)25-39-22-28-15-6-3-7-16-28/h3-21,32-36H,22-25H2,1-2H3,(H,37,38)/t32-,33-,34+,35-,36+/m1/s1. The molecular weight excluding hydrogens is 542 g/mol. The van der Waals surface area contributed by atoms with Crippen LogP contribution in [-0.2, 0) is 43.6 Å². The molecule has 1 aliphatic rings. The Kier molecular flexibility index (Phi) is 10.9. The summed E-state index contributed by atoms with van der Waals surface area (Å²) in [5.74, 6) is 0.443. The molecule has 5 atom stereocenters. The monoisotopic (exact) mass is 581 g/mol. The van der Waals surface area contributed by atoms with Crippen LogP contribution in [-0.4, -0.2) is 43.2 Å². The molecule has 4 aromatic rings. The van der Waals surface area contributed by atoms with Crippen LogP contribution in [0.5, 0.6) is 5.75 Å². The molecule has 1 fully saturated rings. The maximum atomic E-state index is 12.5. The van der Waals surface area contributed by atoms with E-state index >= 15 is 0 Å². The molecule has 0 radical (unpaired) electrons. The Bertz CT molecular complexity index is 1400. The lowest BCUT2D eigenvalue weighted by atomic mass is 9.95. The molecule has 1 saturated heterocycles. The zero-order chi connectivity index (χ0) is 29.9. The number of ether oxygens (including phenoxy) is 5. The van der Waals surface area contributed by atoms with E-state index in [9.17, 15) is 4.79 Å². The maximum absolute atomic E-state index is 12.5. The first-order valence-electron chi connectivity index (χ1n) is 14.6. The van der Waals surface area contributed by atoms with Gasteiger partial charge >= 0.3 is 0 Å². The summed E-state index contributed by atoms with van der Waals surface area (Å²) in [5, 5.41) is 3.05. The normalized spacial score (nSPS) is 21.7. The summed E-state index contributed by atoms with van der Waals surface area (Å²) in [5.41, 5.74) is 4.03. The molecule has 224 valence electrons. The van der Waals surface area contributed by atoms with Gasteiger partial charge in [0, 0.05) is 6.92 Å². The minimum atomic E-state index is -0.854. The van der Waals surface area contributed by atoms with Gasteiger partial charge in [-0.05, 0) is 35.2 Å². The molecule has 4 aromatic carbocycles. The van der Waals surface area contributed by atoms with Crippen molar-refractivity contribution in [3.8, 4) is 5.75 Å². The molecule has 0 aliphatic carbocycles. The molecule has 43 heavy (non-hydrogen) atoms. The second kappa shape index (κ2) is 15.5. The van der Waals surface area contributed by atoms with Crippen LogP contribution in [0.3, 0.4) is 0 Å². The Labute approximate surface area is 253 Å². The minimum absolute atomic E-state index is 0.221. The van der Waals surface area contributed by atoms with Crippen LogP contribution in [0.1, 0.15) is 29.2 Å². The Morgan fingerprint density at radius 1 is 0.698 bits per heavy atom. The van der Waals surface area contributed by atoms with E-state index in [0.717, 1.165) is 22.3 Å². The lowest BCUT2D eigenvalue weighted by Gasteiger charge is -2.46. The largest absolute Gasteiger partial charge is 0.462 e. The van der Waals surface area contributed by atoms with Crippen molar-refractivity contribution in [2.45, 2.75) is 64.3 Å². The zero-order valence-electron chi connectivity index (χ0n) is 24.6. The number of hydrogen-bond donors (Lipinski definition) is 1. The van der Waals surface area contributed by atoms with E-state index in [0.29, 0.717) is 25.6 Å². The topological polar surface area (TPSA) is 75.3 Å². The van der Waals surface area contributed by atoms with Crippen LogP contribution in [0.4, 0.5) is 0 Å². The number of carbonyl (C=O) groups is 1. The van der Waals surface area contributed by atoms with Crippen LogP contribution in [0, 0.1) is 6.92 Å². The average Bonchev–Trinajstić information content (AvgIpc) is 3.03. The third-order valence-electron chi connectivity index (χ3n) is 7.32. The summed E-state index contributed by atoms with van der Waals surface area (Å²) >= 11 is 0. The van der Waals surface area contributed by atoms with E-state index < -0.39 is 30.6 Å². The maximum Gasteiger partial charge on any atom is 0.223 e. The van der Waals surface area contributed by atoms with Crippen LogP contribution in [0.25, 0.3) is 0 Å². The number of nitrogens with one attached hydrogen (secondary N) is 1. The summed E-state index contributed by atoms with van der Waals surface area (Å²) in [6, 6.07) is 36.9. The molecule has 7 heteroatoms. The molecule has 0 unspecified atom stereocenters. The fourth-order valence-electron chi connectivity index (χ4n) is 5.14. The zero-order valence-corrected chi connectivity index (χ0v) is 24.6. The molecule has 1 N–H and O–H groups in total. The van der Waals surface area contributed by atoms with E-state index in [2.05, 4.69) is 5.32 Å². The fourth-order valence-corrected chi connectivity index (χ4v) is 5.14. The van der Waals surface area contributed by atoms with Gasteiger partial charge in [-0.1, -0.05) is 109 Å². The van der Waals surface area contributed by atoms with Gasteiger partial charge in [-0.3, -0.25) is 4.79 Å². The quantitative estimate of drug-likeness (QED) is 0.209. The van der Waals surface area contributed by atoms with Gasteiger partial charge in [0.15, 0.2) is 0 Å². The van der Waals surface area contributed by atoms with Crippen molar-refractivity contribution in [3.05, 3.63) is 138 Å². The summed E-state index contributed by atoms with van der Waals surface area (Å²) in [6.45, 7) is 4.77. The van der Waals surface area contributed by atoms with E-state index in [1.165, 1.54) is 6.92 Å². The molecule has 1 amide bonds. The summed E-state index contributed by atoms with van der Waals surface area (Å²) in [4.78, 5) is 12.5. The number of carbonyl (C=O) groups excluding carboxylic acids is 1. The number of benzene rings is 4. The van der Waals surface area contributed by atoms with Crippen molar-refractivity contribution >= 4 is 5.91 Å². The molecule has 0 saturated carbocycles. The number of para-hydroxylation sites is 1. The molecule has 7 nitrogen and oxygen atoms in total. The van der Waals surface area contributed by atoms with Gasteiger partial charge < -0.3 is 29.0 Å². The van der Waals surface area contributed by atoms with Crippen LogP contribution in [0.2, 0.25) is 0 Å². The molecule has 0 aromatic heterocycles. The highest BCUT2D eigenvalue weighted by atomic mass is 16.7. The van der Waals surface area contributed by atoms with Crippen molar-refractivity contribution in [3.63, 3.8) is 0 Å². The second-order valence-corrected chi connectivity index (χ2v) is 10.7. The van der Waals surface area contributed by atoms with Gasteiger partial charge in [0.1, 0.15) is 30.1 Å². The molecule has 1 aliphatic heterocycles. The van der Waals surface area contributed by atoms with Gasteiger partial charge in [0.2, 0.25) is 12.2 Å². The first kappa shape index (κ1) is 30.4. The van der Waals surface area contributed by atoms with Gasteiger partial charge in [-0.15, -0.1) is 0 Å². The Hall–Kier alpha value is -4.01. The fraction of sp³-hybridized carbons (Fsp3) is 0.306. The Balaban J connectivity index is 1.45. The molecule has 1 heterocycles. The smallest absolute Gasteiger partial charge is 0.223 e. The van der Waals surface area contributed by atoms with Gasteiger partial charge in [0.25, 0.3) is 0 Å². The van der Waals surface area contributed by atoms with E-state index in [1.807, 2.05) is 122 Å². The van der Waals surface area contributed by atoms with Gasteiger partial charge in [-0.2, -0.15) is 0 Å². The molecule has 0 spiro atoms. The Morgan fingerprint density at radius 2 is 1.21 bits per heavy atom. The predicted molar refractivity (Wildman–Crippen MR) is 164 cm³/mol. The van der Waals surface area contributed by atoms with E-state index in [1.54, 1.807) is 0 Å². The molecule has 0 bridgehead atoms. The SMILES string of the molecule is CC(=O)N[C@H]1[C@@H](Oc2ccccc2C)O[C@H](COCc2ccccc2)[C@H](OCc2ccccc2)[C@@H]1OCc1ccccc1. The lowest BCUT2D eigenvalue weighted by Crippen LogP contribution is -2.66. The number of amides is 1. The van der Waals surface area contributed by atoms with Crippen molar-refractivity contribution < 1.29 is 28.5 Å². The molecule has 5 rings (SSSR count).